The molecule has 4 aliphatic carbocycles. The van der Waals surface area contributed by atoms with Gasteiger partial charge >= 0.3 is 0 Å². The highest BCUT2D eigenvalue weighted by atomic mass is 127. The maximum atomic E-state index is 10.7. The molecule has 5 heteroatoms. The molecule has 0 bridgehead atoms. The molecule has 31 heavy (non-hydrogen) atoms. The molecule has 184 valence electrons. The molecule has 0 aromatic heterocycles. The molecule has 0 radical (unpaired) electrons. The number of hydrogen-bond acceptors (Lipinski definition) is 1. The van der Waals surface area contributed by atoms with E-state index in [9.17, 15) is 5.11 Å². The molecule has 4 fully saturated rings. The molecule has 0 heterocycles. The van der Waals surface area contributed by atoms with Crippen molar-refractivity contribution in [1.29, 1.82) is 0 Å². The molecule has 1 N–H and O–H groups in total. The third-order valence-electron chi connectivity index (χ3n) is 10.7. The van der Waals surface area contributed by atoms with Gasteiger partial charge in [0.2, 0.25) is 0 Å². The lowest BCUT2D eigenvalue weighted by Gasteiger charge is -2.66. The lowest BCUT2D eigenvalue weighted by atomic mass is 9.40. The van der Waals surface area contributed by atoms with Crippen molar-refractivity contribution >= 4 is 0 Å². The van der Waals surface area contributed by atoms with Crippen LogP contribution in [0.5, 0.6) is 0 Å². The van der Waals surface area contributed by atoms with Gasteiger partial charge in [-0.1, -0.05) is 13.8 Å². The highest BCUT2D eigenvalue weighted by Crippen LogP contribution is 2.70. The average Bonchev–Trinajstić information content (AvgIpc) is 2.92. The summed E-state index contributed by atoms with van der Waals surface area (Å²) in [4.78, 5) is 0. The third kappa shape index (κ3) is 4.63. The molecule has 0 spiro atoms. The van der Waals surface area contributed by atoms with Gasteiger partial charge in [-0.05, 0) is 74.5 Å². The Morgan fingerprint density at radius 1 is 0.774 bits per heavy atom. The number of aliphatic hydroxyl groups is 1. The molecule has 0 aromatic rings. The Hall–Kier alpha value is 1.34. The number of nitrogens with zero attached hydrogens (tertiary/aromatic N) is 2. The van der Waals surface area contributed by atoms with Gasteiger partial charge in [0.1, 0.15) is 0 Å². The van der Waals surface area contributed by atoms with Gasteiger partial charge in [0.15, 0.2) is 0 Å². The van der Waals surface area contributed by atoms with E-state index in [1.165, 1.54) is 51.5 Å². The topological polar surface area (TPSA) is 20.2 Å². The standard InChI is InChI=1S/C26H50N2O.2HI/c1-24-14-13-22-20(21(24)9-10-23(24)28(6,7)8)12-16-26(18-27(3,4)5)17-19(29)11-15-25(22,26)2;;/h19-23,29H,9-18H2,1-8H3;2*1H/q+2;;/p-2/t19?,20-,21-,22-,23-,24-,25+,26+;;/m0../s1. The Bertz CT molecular complexity index is 644. The van der Waals surface area contributed by atoms with Crippen molar-refractivity contribution in [2.45, 2.75) is 83.8 Å². The Labute approximate surface area is 227 Å². The summed E-state index contributed by atoms with van der Waals surface area (Å²) < 4.78 is 2.17. The van der Waals surface area contributed by atoms with Gasteiger partial charge in [0.25, 0.3) is 0 Å². The Kier molecular flexibility index (Phi) is 8.38. The molecular formula is C26H50I2N2O. The van der Waals surface area contributed by atoms with Crippen molar-refractivity contribution in [3.8, 4) is 0 Å². The summed E-state index contributed by atoms with van der Waals surface area (Å²) in [5, 5.41) is 10.7. The molecule has 4 saturated carbocycles. The van der Waals surface area contributed by atoms with Crippen LogP contribution in [-0.2, 0) is 0 Å². The van der Waals surface area contributed by atoms with E-state index in [0.717, 1.165) is 45.6 Å². The Morgan fingerprint density at radius 2 is 1.42 bits per heavy atom. The second-order valence-corrected chi connectivity index (χ2v) is 14.2. The lowest BCUT2D eigenvalue weighted by molar-refractivity contribution is -0.903. The quantitative estimate of drug-likeness (QED) is 0.291. The smallest absolute Gasteiger partial charge is 0.0941 e. The fourth-order valence-corrected chi connectivity index (χ4v) is 9.88. The van der Waals surface area contributed by atoms with Gasteiger partial charge in [-0.2, -0.15) is 0 Å². The van der Waals surface area contributed by atoms with Gasteiger partial charge in [0, 0.05) is 17.3 Å². The summed E-state index contributed by atoms with van der Waals surface area (Å²) in [5.41, 5.74) is 1.27. The minimum absolute atomic E-state index is 0. The van der Waals surface area contributed by atoms with Crippen molar-refractivity contribution in [1.82, 2.24) is 0 Å². The van der Waals surface area contributed by atoms with Crippen molar-refractivity contribution in [3.05, 3.63) is 0 Å². The zero-order valence-electron chi connectivity index (χ0n) is 21.6. The predicted molar refractivity (Wildman–Crippen MR) is 121 cm³/mol. The van der Waals surface area contributed by atoms with Crippen LogP contribution in [0.25, 0.3) is 0 Å². The lowest BCUT2D eigenvalue weighted by Crippen LogP contribution is -3.00. The second-order valence-electron chi connectivity index (χ2n) is 14.2. The largest absolute Gasteiger partial charge is 1.00 e. The van der Waals surface area contributed by atoms with Gasteiger partial charge in [-0.15, -0.1) is 0 Å². The summed E-state index contributed by atoms with van der Waals surface area (Å²) in [6.45, 7) is 6.56. The zero-order chi connectivity index (χ0) is 21.5. The van der Waals surface area contributed by atoms with Gasteiger partial charge in [-0.3, -0.25) is 0 Å². The number of quaternary nitrogens is 2. The van der Waals surface area contributed by atoms with Crippen molar-refractivity contribution in [2.75, 3.05) is 48.8 Å². The third-order valence-corrected chi connectivity index (χ3v) is 10.7. The van der Waals surface area contributed by atoms with Crippen LogP contribution in [0, 0.1) is 34.0 Å². The Morgan fingerprint density at radius 3 is 2.00 bits per heavy atom. The molecule has 0 amide bonds. The van der Waals surface area contributed by atoms with Crippen LogP contribution < -0.4 is 48.0 Å². The maximum absolute atomic E-state index is 10.7. The fraction of sp³-hybridized carbons (Fsp3) is 1.00. The molecule has 0 aliphatic heterocycles. The molecule has 1 unspecified atom stereocenters. The van der Waals surface area contributed by atoms with Crippen LogP contribution in [0.3, 0.4) is 0 Å². The molecule has 3 nitrogen and oxygen atoms in total. The van der Waals surface area contributed by atoms with E-state index < -0.39 is 0 Å². The highest BCUT2D eigenvalue weighted by molar-refractivity contribution is 5.13. The van der Waals surface area contributed by atoms with Crippen molar-refractivity contribution < 1.29 is 62.0 Å². The van der Waals surface area contributed by atoms with E-state index in [4.69, 9.17) is 0 Å². The first kappa shape index (κ1) is 28.6. The second kappa shape index (κ2) is 9.09. The molecule has 0 aromatic carbocycles. The summed E-state index contributed by atoms with van der Waals surface area (Å²) in [7, 11) is 14.4. The summed E-state index contributed by atoms with van der Waals surface area (Å²) >= 11 is 0. The minimum atomic E-state index is -0.0749. The van der Waals surface area contributed by atoms with Gasteiger partial charge < -0.3 is 62.0 Å². The number of fused-ring (bicyclic) bond motifs is 5. The first-order valence-corrected chi connectivity index (χ1v) is 12.5. The van der Waals surface area contributed by atoms with E-state index in [-0.39, 0.29) is 54.1 Å². The highest BCUT2D eigenvalue weighted by Gasteiger charge is 2.67. The van der Waals surface area contributed by atoms with Crippen LogP contribution in [-0.4, -0.2) is 75.0 Å². The van der Waals surface area contributed by atoms with Crippen LogP contribution in [0.2, 0.25) is 0 Å². The number of aliphatic hydroxyl groups excluding tert-OH is 1. The number of hydrogen-bond donors (Lipinski definition) is 1. The molecular weight excluding hydrogens is 610 g/mol. The zero-order valence-corrected chi connectivity index (χ0v) is 25.9. The number of rotatable bonds is 3. The summed E-state index contributed by atoms with van der Waals surface area (Å²) in [6.07, 6.45) is 11.7. The van der Waals surface area contributed by atoms with Crippen LogP contribution in [0.4, 0.5) is 0 Å². The van der Waals surface area contributed by atoms with E-state index >= 15 is 0 Å². The average molecular weight is 661 g/mol. The van der Waals surface area contributed by atoms with Crippen LogP contribution in [0.1, 0.15) is 71.6 Å². The SMILES string of the molecule is C[C@]12CC[C@H]3[C@@H](CC[C@]4(C[N+](C)(C)C)CC(O)CC[C@]34C)[C@@H]1CC[C@@H]2[N+](C)(C)C.[I-].[I-]. The van der Waals surface area contributed by atoms with Crippen molar-refractivity contribution in [3.63, 3.8) is 0 Å². The molecule has 4 rings (SSSR count). The summed E-state index contributed by atoms with van der Waals surface area (Å²) in [6, 6.07) is 0.826. The fourth-order valence-electron chi connectivity index (χ4n) is 9.88. The van der Waals surface area contributed by atoms with E-state index in [1.807, 2.05) is 0 Å². The first-order valence-electron chi connectivity index (χ1n) is 12.5. The first-order chi connectivity index (χ1) is 13.2. The molecule has 0 saturated heterocycles. The predicted octanol–water partition coefficient (Wildman–Crippen LogP) is -1.45. The van der Waals surface area contributed by atoms with Gasteiger partial charge in [-0.25, -0.2) is 0 Å². The van der Waals surface area contributed by atoms with Crippen molar-refractivity contribution in [2.24, 2.45) is 34.0 Å². The molecule has 4 aliphatic rings. The van der Waals surface area contributed by atoms with E-state index in [1.54, 1.807) is 0 Å². The molecule has 8 atom stereocenters. The number of halogens is 2. The maximum Gasteiger partial charge on any atom is 0.0941 e. The van der Waals surface area contributed by atoms with E-state index in [2.05, 4.69) is 56.1 Å². The summed E-state index contributed by atoms with van der Waals surface area (Å²) in [5.74, 6) is 2.72. The monoisotopic (exact) mass is 660 g/mol. The Balaban J connectivity index is 0.00000171. The minimum Gasteiger partial charge on any atom is -1.00 e. The van der Waals surface area contributed by atoms with Crippen LogP contribution in [0.15, 0.2) is 0 Å². The van der Waals surface area contributed by atoms with Gasteiger partial charge in [0.05, 0.1) is 61.0 Å². The van der Waals surface area contributed by atoms with Crippen LogP contribution >= 0.6 is 0 Å². The van der Waals surface area contributed by atoms with E-state index in [0.29, 0.717) is 16.2 Å². The normalized spacial score (nSPS) is 47.3.